The second-order valence-electron chi connectivity index (χ2n) is 8.29. The highest BCUT2D eigenvalue weighted by Gasteiger charge is 2.16. The fourth-order valence-electron chi connectivity index (χ4n) is 4.12. The molecule has 1 N–H and O–H groups in total. The number of para-hydroxylation sites is 2. The molecule has 0 amide bonds. The smallest absolute Gasteiger partial charge is 0.148 e. The van der Waals surface area contributed by atoms with Crippen LogP contribution in [0.2, 0.25) is 0 Å². The Kier molecular flexibility index (Phi) is 6.84. The van der Waals surface area contributed by atoms with Gasteiger partial charge in [0.05, 0.1) is 24.7 Å². The molecule has 0 aliphatic carbocycles. The molecule has 1 unspecified atom stereocenters. The van der Waals surface area contributed by atoms with Crippen LogP contribution in [0.1, 0.15) is 22.5 Å². The van der Waals surface area contributed by atoms with E-state index in [0.29, 0.717) is 24.7 Å². The molecule has 1 atom stereocenters. The van der Waals surface area contributed by atoms with Crippen LogP contribution in [-0.2, 0) is 13.2 Å². The van der Waals surface area contributed by atoms with Gasteiger partial charge in [-0.2, -0.15) is 0 Å². The number of aliphatic hydroxyl groups excluding tert-OH is 1. The Morgan fingerprint density at radius 1 is 0.909 bits per heavy atom. The van der Waals surface area contributed by atoms with Crippen molar-refractivity contribution in [2.75, 3.05) is 13.7 Å². The summed E-state index contributed by atoms with van der Waals surface area (Å²) in [6.45, 7) is 6.99. The summed E-state index contributed by atoms with van der Waals surface area (Å²) < 4.78 is 19.2. The number of rotatable bonds is 9. The van der Waals surface area contributed by atoms with Crippen molar-refractivity contribution in [2.24, 2.45) is 0 Å². The Morgan fingerprint density at radius 2 is 1.64 bits per heavy atom. The van der Waals surface area contributed by atoms with Gasteiger partial charge in [0.2, 0.25) is 0 Å². The molecule has 6 heteroatoms. The maximum atomic E-state index is 10.8. The molecule has 3 aromatic carbocycles. The lowest BCUT2D eigenvalue weighted by Gasteiger charge is -2.17. The number of fused-ring (bicyclic) bond motifs is 1. The highest BCUT2D eigenvalue weighted by molar-refractivity contribution is 5.75. The molecule has 4 rings (SSSR count). The Hall–Kier alpha value is -3.51. The third-order valence-electron chi connectivity index (χ3n) is 5.56. The minimum atomic E-state index is -0.726. The second kappa shape index (κ2) is 9.96. The summed E-state index contributed by atoms with van der Waals surface area (Å²) in [5, 5.41) is 10.8. The quantitative estimate of drug-likeness (QED) is 0.392. The van der Waals surface area contributed by atoms with Gasteiger partial charge in [-0.15, -0.1) is 0 Å². The van der Waals surface area contributed by atoms with Crippen molar-refractivity contribution in [1.29, 1.82) is 0 Å². The van der Waals surface area contributed by atoms with Crippen molar-refractivity contribution in [3.63, 3.8) is 0 Å². The lowest BCUT2D eigenvalue weighted by atomic mass is 10.1. The van der Waals surface area contributed by atoms with E-state index in [2.05, 4.69) is 32.9 Å². The lowest BCUT2D eigenvalue weighted by molar-refractivity contribution is 0.0916. The topological polar surface area (TPSA) is 65.7 Å². The van der Waals surface area contributed by atoms with Gasteiger partial charge in [0, 0.05) is 6.07 Å². The zero-order valence-corrected chi connectivity index (χ0v) is 19.5. The number of aliphatic hydroxyl groups is 1. The second-order valence-corrected chi connectivity index (χ2v) is 8.29. The van der Waals surface area contributed by atoms with Crippen LogP contribution in [0.25, 0.3) is 11.0 Å². The molecule has 6 nitrogen and oxygen atoms in total. The van der Waals surface area contributed by atoms with Crippen LogP contribution >= 0.6 is 0 Å². The van der Waals surface area contributed by atoms with Crippen molar-refractivity contribution >= 4 is 11.0 Å². The minimum absolute atomic E-state index is 0.149. The molecule has 172 valence electrons. The summed E-state index contributed by atoms with van der Waals surface area (Å²) in [5.41, 5.74) is 5.23. The van der Waals surface area contributed by atoms with Gasteiger partial charge in [-0.1, -0.05) is 35.9 Å². The van der Waals surface area contributed by atoms with Crippen LogP contribution < -0.4 is 14.2 Å². The summed E-state index contributed by atoms with van der Waals surface area (Å²) in [4.78, 5) is 4.77. The van der Waals surface area contributed by atoms with E-state index in [1.54, 1.807) is 13.2 Å². The predicted molar refractivity (Wildman–Crippen MR) is 129 cm³/mol. The first-order valence-corrected chi connectivity index (χ1v) is 11.0. The Balaban J connectivity index is 1.51. The van der Waals surface area contributed by atoms with Crippen molar-refractivity contribution < 1.29 is 19.3 Å². The molecule has 0 spiro atoms. The normalized spacial score (nSPS) is 12.0. The molecule has 0 saturated heterocycles. The van der Waals surface area contributed by atoms with E-state index >= 15 is 0 Å². The Labute approximate surface area is 194 Å². The number of hydrogen-bond acceptors (Lipinski definition) is 5. The average molecular weight is 447 g/mol. The van der Waals surface area contributed by atoms with E-state index in [1.807, 2.05) is 47.0 Å². The van der Waals surface area contributed by atoms with Gasteiger partial charge in [0.25, 0.3) is 0 Å². The number of benzene rings is 3. The SMILES string of the molecule is COc1cccc(OCC(O)Cn2c(COc3c(C)cc(C)cc3C)nc3ccccc32)c1. The number of aromatic nitrogens is 2. The molecule has 0 saturated carbocycles. The largest absolute Gasteiger partial charge is 0.497 e. The first-order valence-electron chi connectivity index (χ1n) is 11.0. The highest BCUT2D eigenvalue weighted by atomic mass is 16.5. The predicted octanol–water partition coefficient (Wildman–Crippen LogP) is 4.99. The summed E-state index contributed by atoms with van der Waals surface area (Å²) >= 11 is 0. The molecular formula is C27H30N2O4. The number of aryl methyl sites for hydroxylation is 3. The van der Waals surface area contributed by atoms with Crippen molar-refractivity contribution in [2.45, 2.75) is 40.0 Å². The Morgan fingerprint density at radius 3 is 2.39 bits per heavy atom. The molecular weight excluding hydrogens is 416 g/mol. The summed E-state index contributed by atoms with van der Waals surface area (Å²) in [7, 11) is 1.61. The van der Waals surface area contributed by atoms with E-state index in [4.69, 9.17) is 19.2 Å². The van der Waals surface area contributed by atoms with Gasteiger partial charge in [0.15, 0.2) is 0 Å². The zero-order chi connectivity index (χ0) is 23.4. The maximum absolute atomic E-state index is 10.8. The van der Waals surface area contributed by atoms with Crippen LogP contribution in [0, 0.1) is 20.8 Å². The van der Waals surface area contributed by atoms with Crippen LogP contribution in [0.3, 0.4) is 0 Å². The molecule has 4 aromatic rings. The number of imidazole rings is 1. The van der Waals surface area contributed by atoms with Crippen molar-refractivity contribution in [3.05, 3.63) is 83.2 Å². The maximum Gasteiger partial charge on any atom is 0.148 e. The van der Waals surface area contributed by atoms with Crippen LogP contribution in [0.5, 0.6) is 17.2 Å². The number of ether oxygens (including phenoxy) is 3. The van der Waals surface area contributed by atoms with Gasteiger partial charge in [-0.25, -0.2) is 4.98 Å². The molecule has 1 aromatic heterocycles. The first kappa shape index (κ1) is 22.7. The molecule has 1 heterocycles. The Bertz CT molecular complexity index is 1230. The highest BCUT2D eigenvalue weighted by Crippen LogP contribution is 2.26. The number of nitrogens with zero attached hydrogens (tertiary/aromatic N) is 2. The standard InChI is InChI=1S/C27H30N2O4/c1-18-12-19(2)27(20(3)13-18)33-17-26-28-24-10-5-6-11-25(24)29(26)15-21(30)16-32-23-9-7-8-22(14-23)31-4/h5-14,21,30H,15-17H2,1-4H3. The average Bonchev–Trinajstić information content (AvgIpc) is 3.14. The fourth-order valence-corrected chi connectivity index (χ4v) is 4.12. The summed E-state index contributed by atoms with van der Waals surface area (Å²) in [6, 6.07) is 19.5. The van der Waals surface area contributed by atoms with E-state index in [-0.39, 0.29) is 6.61 Å². The summed E-state index contributed by atoms with van der Waals surface area (Å²) in [6.07, 6.45) is -0.726. The third kappa shape index (κ3) is 5.29. The van der Waals surface area contributed by atoms with Crippen LogP contribution in [-0.4, -0.2) is 34.5 Å². The van der Waals surface area contributed by atoms with Gasteiger partial charge in [0.1, 0.15) is 42.4 Å². The van der Waals surface area contributed by atoms with Gasteiger partial charge >= 0.3 is 0 Å². The van der Waals surface area contributed by atoms with E-state index in [0.717, 1.165) is 33.7 Å². The lowest BCUT2D eigenvalue weighted by Crippen LogP contribution is -2.25. The van der Waals surface area contributed by atoms with Gasteiger partial charge in [-0.3, -0.25) is 0 Å². The van der Waals surface area contributed by atoms with E-state index in [9.17, 15) is 5.11 Å². The van der Waals surface area contributed by atoms with Gasteiger partial charge < -0.3 is 23.9 Å². The molecule has 0 aliphatic rings. The fraction of sp³-hybridized carbons (Fsp3) is 0.296. The van der Waals surface area contributed by atoms with Crippen LogP contribution in [0.15, 0.2) is 60.7 Å². The minimum Gasteiger partial charge on any atom is -0.497 e. The molecule has 33 heavy (non-hydrogen) atoms. The van der Waals surface area contributed by atoms with E-state index < -0.39 is 6.10 Å². The third-order valence-corrected chi connectivity index (χ3v) is 5.56. The monoisotopic (exact) mass is 446 g/mol. The first-order chi connectivity index (χ1) is 15.9. The molecule has 0 fully saturated rings. The number of hydrogen-bond donors (Lipinski definition) is 1. The summed E-state index contributed by atoms with van der Waals surface area (Å²) in [5.74, 6) is 3.00. The van der Waals surface area contributed by atoms with Crippen molar-refractivity contribution in [3.8, 4) is 17.2 Å². The molecule has 0 aliphatic heterocycles. The van der Waals surface area contributed by atoms with Gasteiger partial charge in [-0.05, 0) is 56.2 Å². The van der Waals surface area contributed by atoms with Crippen molar-refractivity contribution in [1.82, 2.24) is 9.55 Å². The number of methoxy groups -OCH3 is 1. The molecule has 0 bridgehead atoms. The molecule has 0 radical (unpaired) electrons. The van der Waals surface area contributed by atoms with E-state index in [1.165, 1.54) is 5.56 Å². The van der Waals surface area contributed by atoms with Crippen LogP contribution in [0.4, 0.5) is 0 Å². The zero-order valence-electron chi connectivity index (χ0n) is 19.5.